The Balaban J connectivity index is 1.49. The molecule has 1 amide bonds. The summed E-state index contributed by atoms with van der Waals surface area (Å²) >= 11 is 0. The van der Waals surface area contributed by atoms with Crippen molar-refractivity contribution in [3.8, 4) is 5.88 Å². The highest BCUT2D eigenvalue weighted by Gasteiger charge is 2.40. The zero-order valence-corrected chi connectivity index (χ0v) is 22.7. The minimum absolute atomic E-state index is 0.151. The molecule has 0 radical (unpaired) electrons. The van der Waals surface area contributed by atoms with E-state index >= 15 is 0 Å². The molecule has 1 aliphatic rings. The van der Waals surface area contributed by atoms with Crippen LogP contribution in [0.2, 0.25) is 0 Å². The monoisotopic (exact) mass is 522 g/mol. The molecule has 4 rings (SSSR count). The van der Waals surface area contributed by atoms with Crippen LogP contribution in [0.15, 0.2) is 65.8 Å². The zero-order chi connectivity index (χ0) is 26.8. The van der Waals surface area contributed by atoms with Gasteiger partial charge >= 0.3 is 0 Å². The van der Waals surface area contributed by atoms with Gasteiger partial charge < -0.3 is 9.64 Å². The molecule has 2 aromatic heterocycles. The van der Waals surface area contributed by atoms with Gasteiger partial charge in [-0.2, -0.15) is 13.4 Å². The number of aromatic nitrogens is 2. The fourth-order valence-electron chi connectivity index (χ4n) is 4.41. The summed E-state index contributed by atoms with van der Waals surface area (Å²) in [5.74, 6) is 0.698. The van der Waals surface area contributed by atoms with Gasteiger partial charge in [0.15, 0.2) is 5.03 Å². The van der Waals surface area contributed by atoms with Gasteiger partial charge in [0.25, 0.3) is 15.9 Å². The molecule has 0 saturated carbocycles. The lowest BCUT2D eigenvalue weighted by Crippen LogP contribution is -2.43. The number of pyridine rings is 2. The molecule has 1 fully saturated rings. The third kappa shape index (κ3) is 5.77. The maximum atomic E-state index is 13.2. The van der Waals surface area contributed by atoms with Crippen molar-refractivity contribution in [1.29, 1.82) is 0 Å². The van der Waals surface area contributed by atoms with Crippen molar-refractivity contribution in [2.75, 3.05) is 11.4 Å². The molecule has 1 saturated heterocycles. The summed E-state index contributed by atoms with van der Waals surface area (Å²) in [7, 11) is -4.25. The quantitative estimate of drug-likeness (QED) is 0.448. The van der Waals surface area contributed by atoms with E-state index < -0.39 is 15.9 Å². The lowest BCUT2D eigenvalue weighted by atomic mass is 9.90. The molecule has 0 bridgehead atoms. The normalized spacial score (nSPS) is 17.1. The van der Waals surface area contributed by atoms with Gasteiger partial charge in [-0.1, -0.05) is 51.1 Å². The minimum atomic E-state index is -4.25. The van der Waals surface area contributed by atoms with Crippen molar-refractivity contribution in [3.63, 3.8) is 0 Å². The number of hydrogen-bond donors (Lipinski definition) is 1. The first kappa shape index (κ1) is 26.6. The second kappa shape index (κ2) is 10.5. The predicted molar refractivity (Wildman–Crippen MR) is 143 cm³/mol. The van der Waals surface area contributed by atoms with E-state index in [0.29, 0.717) is 17.7 Å². The Kier molecular flexibility index (Phi) is 7.54. The number of anilines is 1. The van der Waals surface area contributed by atoms with Crippen LogP contribution in [-0.4, -0.2) is 36.4 Å². The number of amides is 1. The molecular weight excluding hydrogens is 488 g/mol. The second-order valence-electron chi connectivity index (χ2n) is 10.3. The third-order valence-electron chi connectivity index (χ3n) is 7.21. The van der Waals surface area contributed by atoms with Crippen LogP contribution in [0.4, 0.5) is 5.82 Å². The van der Waals surface area contributed by atoms with E-state index in [9.17, 15) is 13.2 Å². The molecule has 8 nitrogen and oxygen atoms in total. The number of sulfonamides is 1. The lowest BCUT2D eigenvalue weighted by Gasteiger charge is -2.36. The summed E-state index contributed by atoms with van der Waals surface area (Å²) < 4.78 is 34.0. The Morgan fingerprint density at radius 2 is 1.86 bits per heavy atom. The Bertz CT molecular complexity index is 1370. The highest BCUT2D eigenvalue weighted by molar-refractivity contribution is 7.90. The lowest BCUT2D eigenvalue weighted by molar-refractivity contribution is 0.0981. The average molecular weight is 523 g/mol. The van der Waals surface area contributed by atoms with E-state index in [1.807, 2.05) is 24.3 Å². The number of rotatable bonds is 8. The van der Waals surface area contributed by atoms with Crippen molar-refractivity contribution < 1.29 is 17.9 Å². The van der Waals surface area contributed by atoms with E-state index in [1.54, 1.807) is 24.4 Å². The fourth-order valence-corrected chi connectivity index (χ4v) is 5.34. The standard InChI is InChI=1S/C28H34N4O4S/c1-19(2)22-13-11-21(12-14-22)18-36-24-9-6-10-25(30-24)37(34,35)31-27(33)23-8-7-16-29-26(23)32-17-15-20(3)28(32,4)5/h6-14,16,19-20H,15,17-18H2,1-5H3,(H,31,33). The number of nitrogens with one attached hydrogen (secondary N) is 1. The highest BCUT2D eigenvalue weighted by atomic mass is 32.2. The van der Waals surface area contributed by atoms with E-state index in [0.717, 1.165) is 18.5 Å². The summed E-state index contributed by atoms with van der Waals surface area (Å²) in [6.45, 7) is 11.6. The van der Waals surface area contributed by atoms with E-state index in [1.165, 1.54) is 17.7 Å². The number of benzene rings is 1. The first-order valence-electron chi connectivity index (χ1n) is 12.5. The molecule has 1 unspecified atom stereocenters. The van der Waals surface area contributed by atoms with E-state index in [4.69, 9.17) is 4.74 Å². The Morgan fingerprint density at radius 1 is 1.14 bits per heavy atom. The Hall–Kier alpha value is -3.46. The van der Waals surface area contributed by atoms with Crippen LogP contribution < -0.4 is 14.4 Å². The number of ether oxygens (including phenoxy) is 1. The molecule has 1 atom stereocenters. The molecular formula is C28H34N4O4S. The van der Waals surface area contributed by atoms with Crippen LogP contribution in [0.1, 0.15) is 68.4 Å². The number of carbonyl (C=O) groups excluding carboxylic acids is 1. The minimum Gasteiger partial charge on any atom is -0.473 e. The molecule has 1 N–H and O–H groups in total. The van der Waals surface area contributed by atoms with Crippen molar-refractivity contribution in [1.82, 2.24) is 14.7 Å². The molecule has 37 heavy (non-hydrogen) atoms. The molecule has 9 heteroatoms. The Morgan fingerprint density at radius 3 is 2.51 bits per heavy atom. The molecule has 1 aliphatic heterocycles. The number of hydrogen-bond acceptors (Lipinski definition) is 7. The van der Waals surface area contributed by atoms with Gasteiger partial charge in [-0.25, -0.2) is 9.71 Å². The first-order valence-corrected chi connectivity index (χ1v) is 14.0. The number of carbonyl (C=O) groups is 1. The molecule has 0 aliphatic carbocycles. The van der Waals surface area contributed by atoms with E-state index in [-0.39, 0.29) is 28.6 Å². The summed E-state index contributed by atoms with van der Waals surface area (Å²) in [5, 5.41) is -0.297. The predicted octanol–water partition coefficient (Wildman–Crippen LogP) is 4.92. The molecule has 3 heterocycles. The van der Waals surface area contributed by atoms with Gasteiger partial charge in [-0.15, -0.1) is 0 Å². The van der Waals surface area contributed by atoms with Crippen molar-refractivity contribution in [2.45, 2.75) is 64.1 Å². The molecule has 0 spiro atoms. The van der Waals surface area contributed by atoms with Gasteiger partial charge in [-0.3, -0.25) is 4.79 Å². The van der Waals surface area contributed by atoms with Crippen LogP contribution in [0, 0.1) is 5.92 Å². The van der Waals surface area contributed by atoms with Crippen molar-refractivity contribution in [2.24, 2.45) is 5.92 Å². The number of nitrogens with zero attached hydrogens (tertiary/aromatic N) is 3. The topological polar surface area (TPSA) is 101 Å². The van der Waals surface area contributed by atoms with Crippen molar-refractivity contribution in [3.05, 3.63) is 77.5 Å². The van der Waals surface area contributed by atoms with Gasteiger partial charge in [0, 0.05) is 24.3 Å². The second-order valence-corrected chi connectivity index (χ2v) is 11.9. The highest BCUT2D eigenvalue weighted by Crippen LogP contribution is 2.38. The average Bonchev–Trinajstić information content (AvgIpc) is 3.14. The third-order valence-corrected chi connectivity index (χ3v) is 8.44. The zero-order valence-electron chi connectivity index (χ0n) is 21.9. The summed E-state index contributed by atoms with van der Waals surface area (Å²) in [6, 6.07) is 15.7. The fraction of sp³-hybridized carbons (Fsp3) is 0.393. The van der Waals surface area contributed by atoms with Crippen LogP contribution in [0.5, 0.6) is 5.88 Å². The van der Waals surface area contributed by atoms with Gasteiger partial charge in [0.05, 0.1) is 5.56 Å². The molecule has 196 valence electrons. The maximum Gasteiger partial charge on any atom is 0.281 e. The van der Waals surface area contributed by atoms with Gasteiger partial charge in [-0.05, 0) is 61.4 Å². The summed E-state index contributed by atoms with van der Waals surface area (Å²) in [4.78, 5) is 23.8. The van der Waals surface area contributed by atoms with E-state index in [2.05, 4.69) is 54.2 Å². The molecule has 3 aromatic rings. The van der Waals surface area contributed by atoms with Gasteiger partial charge in [0.1, 0.15) is 12.4 Å². The smallest absolute Gasteiger partial charge is 0.281 e. The van der Waals surface area contributed by atoms with Gasteiger partial charge in [0.2, 0.25) is 5.88 Å². The maximum absolute atomic E-state index is 13.2. The largest absolute Gasteiger partial charge is 0.473 e. The van der Waals surface area contributed by atoms with Crippen LogP contribution in [-0.2, 0) is 16.6 Å². The van der Waals surface area contributed by atoms with Crippen LogP contribution in [0.25, 0.3) is 0 Å². The Labute approximate surface area is 219 Å². The molecule has 1 aromatic carbocycles. The SMILES string of the molecule is CC(C)c1ccc(COc2cccc(S(=O)(=O)NC(=O)c3cccnc3N3CCC(C)C3(C)C)n2)cc1. The van der Waals surface area contributed by atoms with Crippen LogP contribution in [0.3, 0.4) is 0 Å². The van der Waals surface area contributed by atoms with Crippen LogP contribution >= 0.6 is 0 Å². The first-order chi connectivity index (χ1) is 17.5. The van der Waals surface area contributed by atoms with Crippen molar-refractivity contribution >= 4 is 21.7 Å². The summed E-state index contributed by atoms with van der Waals surface area (Å²) in [5.41, 5.74) is 2.15. The summed E-state index contributed by atoms with van der Waals surface area (Å²) in [6.07, 6.45) is 2.57.